The van der Waals surface area contributed by atoms with Gasteiger partial charge in [-0.1, -0.05) is 18.9 Å². The number of carbonyl (C=O) groups is 2. The van der Waals surface area contributed by atoms with Gasteiger partial charge < -0.3 is 10.1 Å². The summed E-state index contributed by atoms with van der Waals surface area (Å²) in [5.41, 5.74) is 0.253. The molecule has 4 nitrogen and oxygen atoms in total. The van der Waals surface area contributed by atoms with Crippen molar-refractivity contribution in [2.24, 2.45) is 5.92 Å². The maximum absolute atomic E-state index is 13.4. The lowest BCUT2D eigenvalue weighted by Crippen LogP contribution is -2.43. The molecule has 1 aliphatic carbocycles. The summed E-state index contributed by atoms with van der Waals surface area (Å²) in [6.45, 7) is 0.116. The largest absolute Gasteiger partial charge is 0.464 e. The average molecular weight is 389 g/mol. The highest BCUT2D eigenvalue weighted by molar-refractivity contribution is 5.91. The second-order valence-corrected chi connectivity index (χ2v) is 6.92. The summed E-state index contributed by atoms with van der Waals surface area (Å²) in [4.78, 5) is 24.6. The number of unbranched alkanes of at least 4 members (excludes halogenated alkanes) is 1. The Balaban J connectivity index is 2.02. The van der Waals surface area contributed by atoms with Gasteiger partial charge in [0.15, 0.2) is 0 Å². The summed E-state index contributed by atoms with van der Waals surface area (Å²) in [5.74, 6) is 0.226. The van der Waals surface area contributed by atoms with Gasteiger partial charge in [0.25, 0.3) is 0 Å². The van der Waals surface area contributed by atoms with E-state index in [-0.39, 0.29) is 18.6 Å². The van der Waals surface area contributed by atoms with Crippen molar-refractivity contribution in [2.75, 3.05) is 6.61 Å². The van der Waals surface area contributed by atoms with Crippen LogP contribution in [0.3, 0.4) is 0 Å². The molecule has 0 unspecified atom stereocenters. The van der Waals surface area contributed by atoms with Gasteiger partial charge in [0.2, 0.25) is 5.91 Å². The molecule has 0 radical (unpaired) electrons. The standard InChI is InChI=1S/C22H25F2NO3/c1-2-3-6-11-28-22(27)20(14-17-12-18(23)15-19(24)13-17)25-21(26)10-9-16-7-4-5-8-16/h1,9-10,12-13,15-16,20H,3-8,11,14H2,(H,25,26)/b10-9+/t20-/m0/s1. The quantitative estimate of drug-likeness (QED) is 0.303. The number of esters is 1. The van der Waals surface area contributed by atoms with Gasteiger partial charge in [-0.3, -0.25) is 4.79 Å². The fourth-order valence-corrected chi connectivity index (χ4v) is 3.20. The smallest absolute Gasteiger partial charge is 0.328 e. The summed E-state index contributed by atoms with van der Waals surface area (Å²) < 4.78 is 32.1. The molecular formula is C22H25F2NO3. The lowest BCUT2D eigenvalue weighted by atomic mass is 10.0. The number of ether oxygens (including phenoxy) is 1. The van der Waals surface area contributed by atoms with E-state index < -0.39 is 29.6 Å². The Morgan fingerprint density at radius 3 is 2.57 bits per heavy atom. The second-order valence-electron chi connectivity index (χ2n) is 6.92. The van der Waals surface area contributed by atoms with Gasteiger partial charge in [0, 0.05) is 18.9 Å². The first-order valence-corrected chi connectivity index (χ1v) is 9.51. The molecule has 1 N–H and O–H groups in total. The van der Waals surface area contributed by atoms with Gasteiger partial charge in [-0.25, -0.2) is 13.6 Å². The van der Waals surface area contributed by atoms with E-state index in [0.29, 0.717) is 18.8 Å². The van der Waals surface area contributed by atoms with E-state index in [1.54, 1.807) is 0 Å². The topological polar surface area (TPSA) is 55.4 Å². The highest BCUT2D eigenvalue weighted by atomic mass is 19.1. The van der Waals surface area contributed by atoms with Crippen LogP contribution < -0.4 is 5.32 Å². The van der Waals surface area contributed by atoms with E-state index in [4.69, 9.17) is 11.2 Å². The number of carbonyl (C=O) groups excluding carboxylic acids is 2. The molecule has 1 amide bonds. The number of hydrogen-bond donors (Lipinski definition) is 1. The Morgan fingerprint density at radius 2 is 1.93 bits per heavy atom. The zero-order valence-electron chi connectivity index (χ0n) is 15.8. The molecule has 150 valence electrons. The SMILES string of the molecule is C#CCCCOC(=O)[C@H](Cc1cc(F)cc(F)c1)NC(=O)/C=C/C1CCCC1. The highest BCUT2D eigenvalue weighted by Crippen LogP contribution is 2.25. The summed E-state index contributed by atoms with van der Waals surface area (Å²) >= 11 is 0. The molecule has 0 aliphatic heterocycles. The molecule has 6 heteroatoms. The van der Waals surface area contributed by atoms with Crippen molar-refractivity contribution in [1.29, 1.82) is 0 Å². The molecule has 2 rings (SSSR count). The molecule has 0 bridgehead atoms. The zero-order chi connectivity index (χ0) is 20.4. The normalized spacial score (nSPS) is 15.3. The van der Waals surface area contributed by atoms with Crippen molar-refractivity contribution >= 4 is 11.9 Å². The van der Waals surface area contributed by atoms with Gasteiger partial charge in [-0.05, 0) is 49.0 Å². The molecule has 1 saturated carbocycles. The van der Waals surface area contributed by atoms with Crippen LogP contribution >= 0.6 is 0 Å². The number of benzene rings is 1. The van der Waals surface area contributed by atoms with Gasteiger partial charge in [-0.2, -0.15) is 0 Å². The van der Waals surface area contributed by atoms with Crippen LogP contribution in [-0.4, -0.2) is 24.5 Å². The molecule has 1 atom stereocenters. The molecule has 0 saturated heterocycles. The van der Waals surface area contributed by atoms with Crippen LogP contribution in [0.5, 0.6) is 0 Å². The first kappa shape index (κ1) is 21.6. The van der Waals surface area contributed by atoms with E-state index in [1.807, 2.05) is 6.08 Å². The van der Waals surface area contributed by atoms with Crippen LogP contribution in [0.25, 0.3) is 0 Å². The number of nitrogens with one attached hydrogen (secondary N) is 1. The minimum atomic E-state index is -1.05. The Labute approximate surface area is 164 Å². The molecule has 0 aromatic heterocycles. The molecule has 0 heterocycles. The second kappa shape index (κ2) is 11.2. The van der Waals surface area contributed by atoms with Crippen molar-refractivity contribution < 1.29 is 23.1 Å². The van der Waals surface area contributed by atoms with Gasteiger partial charge in [0.05, 0.1) is 6.61 Å². The number of allylic oxidation sites excluding steroid dienone is 1. The fraction of sp³-hybridized carbons (Fsp3) is 0.455. The molecule has 1 aromatic carbocycles. The minimum absolute atomic E-state index is 0.0777. The van der Waals surface area contributed by atoms with Crippen LogP contribution in [0.1, 0.15) is 44.1 Å². The van der Waals surface area contributed by atoms with Crippen LogP contribution in [0, 0.1) is 29.9 Å². The molecular weight excluding hydrogens is 364 g/mol. The molecule has 1 aromatic rings. The van der Waals surface area contributed by atoms with E-state index in [0.717, 1.165) is 43.9 Å². The van der Waals surface area contributed by atoms with Gasteiger partial charge in [-0.15, -0.1) is 12.3 Å². The fourth-order valence-electron chi connectivity index (χ4n) is 3.20. The summed E-state index contributed by atoms with van der Waals surface area (Å²) in [5, 5.41) is 2.58. The van der Waals surface area contributed by atoms with E-state index >= 15 is 0 Å². The maximum Gasteiger partial charge on any atom is 0.328 e. The number of amides is 1. The third-order valence-electron chi connectivity index (χ3n) is 4.59. The van der Waals surface area contributed by atoms with Crippen LogP contribution in [0.15, 0.2) is 30.4 Å². The van der Waals surface area contributed by atoms with Crippen molar-refractivity contribution in [3.05, 3.63) is 47.5 Å². The van der Waals surface area contributed by atoms with Gasteiger partial charge in [0.1, 0.15) is 17.7 Å². The molecule has 0 spiro atoms. The summed E-state index contributed by atoms with van der Waals surface area (Å²) in [6.07, 6.45) is 13.7. The lowest BCUT2D eigenvalue weighted by molar-refractivity contribution is -0.147. The van der Waals surface area contributed by atoms with Crippen molar-refractivity contribution in [2.45, 2.75) is 51.0 Å². The first-order valence-electron chi connectivity index (χ1n) is 9.51. The Bertz CT molecular complexity index is 728. The van der Waals surface area contributed by atoms with Gasteiger partial charge >= 0.3 is 5.97 Å². The van der Waals surface area contributed by atoms with E-state index in [1.165, 1.54) is 6.08 Å². The van der Waals surface area contributed by atoms with Crippen molar-refractivity contribution in [3.63, 3.8) is 0 Å². The molecule has 1 fully saturated rings. The van der Waals surface area contributed by atoms with Crippen molar-refractivity contribution in [1.82, 2.24) is 5.32 Å². The Morgan fingerprint density at radius 1 is 1.25 bits per heavy atom. The van der Waals surface area contributed by atoms with Crippen LogP contribution in [0.2, 0.25) is 0 Å². The van der Waals surface area contributed by atoms with E-state index in [9.17, 15) is 18.4 Å². The number of hydrogen-bond acceptors (Lipinski definition) is 3. The predicted octanol–water partition coefficient (Wildman–Crippen LogP) is 3.70. The monoisotopic (exact) mass is 389 g/mol. The number of halogens is 2. The third-order valence-corrected chi connectivity index (χ3v) is 4.59. The Hall–Kier alpha value is -2.68. The van der Waals surface area contributed by atoms with E-state index in [2.05, 4.69) is 11.2 Å². The minimum Gasteiger partial charge on any atom is -0.464 e. The van der Waals surface area contributed by atoms with Crippen LogP contribution in [0.4, 0.5) is 8.78 Å². The van der Waals surface area contributed by atoms with Crippen molar-refractivity contribution in [3.8, 4) is 12.3 Å². The average Bonchev–Trinajstić information content (AvgIpc) is 3.15. The summed E-state index contributed by atoms with van der Waals surface area (Å²) in [6, 6.07) is 1.96. The summed E-state index contributed by atoms with van der Waals surface area (Å²) in [7, 11) is 0. The third kappa shape index (κ3) is 7.51. The highest BCUT2D eigenvalue weighted by Gasteiger charge is 2.23. The molecule has 28 heavy (non-hydrogen) atoms. The number of rotatable bonds is 9. The zero-order valence-corrected chi connectivity index (χ0v) is 15.8. The maximum atomic E-state index is 13.4. The first-order chi connectivity index (χ1) is 13.5. The van der Waals surface area contributed by atoms with Crippen LogP contribution in [-0.2, 0) is 20.7 Å². The predicted molar refractivity (Wildman–Crippen MR) is 102 cm³/mol. The lowest BCUT2D eigenvalue weighted by Gasteiger charge is -2.17. The molecule has 1 aliphatic rings. The number of terminal acetylenes is 1. The Kier molecular flexibility index (Phi) is 8.67.